The quantitative estimate of drug-likeness (QED) is 0.792. The lowest BCUT2D eigenvalue weighted by molar-refractivity contribution is 0.599. The number of hydrogen-bond donors (Lipinski definition) is 0. The molecule has 0 aliphatic carbocycles. The highest BCUT2D eigenvalue weighted by Crippen LogP contribution is 2.24. The van der Waals surface area contributed by atoms with E-state index in [9.17, 15) is 8.42 Å². The predicted molar refractivity (Wildman–Crippen MR) is 90.4 cm³/mol. The molecule has 0 spiro atoms. The van der Waals surface area contributed by atoms with E-state index in [4.69, 9.17) is 0 Å². The van der Waals surface area contributed by atoms with Crippen molar-refractivity contribution >= 4 is 21.6 Å². The summed E-state index contributed by atoms with van der Waals surface area (Å²) in [5, 5.41) is 0. The lowest BCUT2D eigenvalue weighted by Gasteiger charge is -2.28. The minimum Gasteiger partial charge on any atom is -0.357 e. The lowest BCUT2D eigenvalue weighted by Crippen LogP contribution is -2.38. The molecule has 124 valence electrons. The normalized spacial score (nSPS) is 20.1. The van der Waals surface area contributed by atoms with Crippen molar-refractivity contribution in [1.29, 1.82) is 0 Å². The van der Waals surface area contributed by atoms with Gasteiger partial charge in [0.25, 0.3) is 0 Å². The van der Waals surface area contributed by atoms with Crippen LogP contribution in [-0.2, 0) is 9.84 Å². The van der Waals surface area contributed by atoms with Crippen LogP contribution in [0.4, 0.5) is 11.8 Å². The third-order valence-corrected chi connectivity index (χ3v) is 5.91. The van der Waals surface area contributed by atoms with Gasteiger partial charge in [-0.3, -0.25) is 0 Å². The molecule has 1 atom stereocenters. The van der Waals surface area contributed by atoms with E-state index in [0.29, 0.717) is 18.9 Å². The van der Waals surface area contributed by atoms with Crippen molar-refractivity contribution in [2.24, 2.45) is 0 Å². The number of aryl methyl sites for hydroxylation is 1. The van der Waals surface area contributed by atoms with Crippen LogP contribution < -0.4 is 9.80 Å². The van der Waals surface area contributed by atoms with Crippen molar-refractivity contribution in [3.63, 3.8) is 0 Å². The van der Waals surface area contributed by atoms with Gasteiger partial charge in [0.1, 0.15) is 5.82 Å². The van der Waals surface area contributed by atoms with Crippen molar-refractivity contribution in [2.75, 3.05) is 40.9 Å². The maximum absolute atomic E-state index is 11.8. The Bertz CT molecular complexity index is 614. The highest BCUT2D eigenvalue weighted by atomic mass is 32.2. The average Bonchev–Trinajstić information content (AvgIpc) is 2.80. The molecular weight excluding hydrogens is 300 g/mol. The number of nitrogens with zero attached hydrogens (tertiary/aromatic N) is 4. The molecule has 1 aliphatic heterocycles. The summed E-state index contributed by atoms with van der Waals surface area (Å²) in [6, 6.07) is 1.97. The van der Waals surface area contributed by atoms with Crippen LogP contribution in [0, 0.1) is 6.92 Å². The van der Waals surface area contributed by atoms with E-state index in [0.717, 1.165) is 24.6 Å². The van der Waals surface area contributed by atoms with Crippen LogP contribution in [0.5, 0.6) is 0 Å². The summed E-state index contributed by atoms with van der Waals surface area (Å²) >= 11 is 0. The zero-order chi connectivity index (χ0) is 16.3. The van der Waals surface area contributed by atoms with Crippen molar-refractivity contribution in [3.8, 4) is 0 Å². The van der Waals surface area contributed by atoms with E-state index in [1.807, 2.05) is 24.8 Å². The van der Waals surface area contributed by atoms with Gasteiger partial charge >= 0.3 is 0 Å². The fraction of sp³-hybridized carbons (Fsp3) is 0.733. The minimum atomic E-state index is -2.91. The van der Waals surface area contributed by atoms with Crippen LogP contribution in [0.3, 0.4) is 0 Å². The zero-order valence-corrected chi connectivity index (χ0v) is 14.7. The molecule has 1 fully saturated rings. The predicted octanol–water partition coefficient (Wildman–Crippen LogP) is 1.64. The van der Waals surface area contributed by atoms with E-state index in [1.54, 1.807) is 0 Å². The van der Waals surface area contributed by atoms with Crippen molar-refractivity contribution in [3.05, 3.63) is 11.8 Å². The van der Waals surface area contributed by atoms with Gasteiger partial charge in [-0.15, -0.1) is 0 Å². The summed E-state index contributed by atoms with van der Waals surface area (Å²) in [5.41, 5.74) is 0.909. The fourth-order valence-electron chi connectivity index (χ4n) is 2.96. The van der Waals surface area contributed by atoms with Crippen LogP contribution in [0.25, 0.3) is 0 Å². The van der Waals surface area contributed by atoms with Crippen molar-refractivity contribution in [1.82, 2.24) is 9.97 Å². The Hall–Kier alpha value is -1.37. The van der Waals surface area contributed by atoms with Gasteiger partial charge < -0.3 is 9.80 Å². The highest BCUT2D eigenvalue weighted by molar-refractivity contribution is 7.91. The van der Waals surface area contributed by atoms with Gasteiger partial charge in [0.2, 0.25) is 5.95 Å². The maximum Gasteiger partial charge on any atom is 0.227 e. The molecule has 22 heavy (non-hydrogen) atoms. The SMILES string of the molecule is CCN(CC)c1cc(C)nc(N(CC)C2CCS(=O)(=O)C2)n1. The van der Waals surface area contributed by atoms with E-state index in [2.05, 4.69) is 28.7 Å². The van der Waals surface area contributed by atoms with Crippen molar-refractivity contribution < 1.29 is 8.42 Å². The Kier molecular flexibility index (Phi) is 5.26. The molecule has 1 aliphatic rings. The molecule has 2 heterocycles. The van der Waals surface area contributed by atoms with Gasteiger partial charge in [0.05, 0.1) is 11.5 Å². The van der Waals surface area contributed by atoms with E-state index < -0.39 is 9.84 Å². The summed E-state index contributed by atoms with van der Waals surface area (Å²) < 4.78 is 23.5. The topological polar surface area (TPSA) is 66.4 Å². The van der Waals surface area contributed by atoms with Gasteiger partial charge in [-0.25, -0.2) is 13.4 Å². The maximum atomic E-state index is 11.8. The molecule has 0 aromatic carbocycles. The molecule has 0 radical (unpaired) electrons. The van der Waals surface area contributed by atoms with Crippen LogP contribution in [0.2, 0.25) is 0 Å². The van der Waals surface area contributed by atoms with Gasteiger partial charge in [-0.2, -0.15) is 4.98 Å². The molecule has 7 heteroatoms. The summed E-state index contributed by atoms with van der Waals surface area (Å²) in [4.78, 5) is 13.4. The number of aromatic nitrogens is 2. The summed E-state index contributed by atoms with van der Waals surface area (Å²) in [6.07, 6.45) is 0.661. The van der Waals surface area contributed by atoms with E-state index >= 15 is 0 Å². The van der Waals surface area contributed by atoms with Gasteiger partial charge in [-0.1, -0.05) is 0 Å². The zero-order valence-electron chi connectivity index (χ0n) is 13.9. The Morgan fingerprint density at radius 2 is 1.86 bits per heavy atom. The molecule has 2 rings (SSSR count). The van der Waals surface area contributed by atoms with Gasteiger partial charge in [0.15, 0.2) is 9.84 Å². The van der Waals surface area contributed by atoms with Gasteiger partial charge in [0, 0.05) is 37.4 Å². The molecule has 0 N–H and O–H groups in total. The lowest BCUT2D eigenvalue weighted by atomic mass is 10.2. The van der Waals surface area contributed by atoms with Crippen LogP contribution in [-0.4, -0.2) is 55.6 Å². The number of hydrogen-bond acceptors (Lipinski definition) is 6. The average molecular weight is 326 g/mol. The number of anilines is 2. The summed E-state index contributed by atoms with van der Waals surface area (Å²) in [7, 11) is -2.91. The molecule has 6 nitrogen and oxygen atoms in total. The molecular formula is C15H26N4O2S. The first kappa shape index (κ1) is 17.0. The second-order valence-corrected chi connectivity index (χ2v) is 7.91. The van der Waals surface area contributed by atoms with E-state index in [-0.39, 0.29) is 17.5 Å². The second kappa shape index (κ2) is 6.81. The first-order valence-corrected chi connectivity index (χ1v) is 9.80. The molecule has 1 unspecified atom stereocenters. The molecule has 1 aromatic rings. The Morgan fingerprint density at radius 1 is 1.18 bits per heavy atom. The molecule has 1 saturated heterocycles. The van der Waals surface area contributed by atoms with Crippen LogP contribution in [0.1, 0.15) is 32.9 Å². The first-order chi connectivity index (χ1) is 10.4. The number of sulfone groups is 1. The van der Waals surface area contributed by atoms with Crippen LogP contribution in [0.15, 0.2) is 6.07 Å². The third kappa shape index (κ3) is 3.69. The smallest absolute Gasteiger partial charge is 0.227 e. The fourth-order valence-corrected chi connectivity index (χ4v) is 4.69. The Labute approximate surface area is 133 Å². The molecule has 0 amide bonds. The third-order valence-electron chi connectivity index (χ3n) is 4.16. The van der Waals surface area contributed by atoms with E-state index in [1.165, 1.54) is 0 Å². The number of rotatable bonds is 6. The van der Waals surface area contributed by atoms with Crippen molar-refractivity contribution in [2.45, 2.75) is 40.2 Å². The van der Waals surface area contributed by atoms with Gasteiger partial charge in [-0.05, 0) is 34.1 Å². The summed E-state index contributed by atoms with van der Waals surface area (Å²) in [5.74, 6) is 2.03. The summed E-state index contributed by atoms with van der Waals surface area (Å²) in [6.45, 7) is 10.7. The second-order valence-electron chi connectivity index (χ2n) is 5.68. The molecule has 0 bridgehead atoms. The van der Waals surface area contributed by atoms with Crippen LogP contribution >= 0.6 is 0 Å². The first-order valence-electron chi connectivity index (χ1n) is 7.97. The molecule has 0 saturated carbocycles. The monoisotopic (exact) mass is 326 g/mol. The minimum absolute atomic E-state index is 0.0126. The Balaban J connectivity index is 2.33. The standard InChI is InChI=1S/C15H26N4O2S/c1-5-18(6-2)14-10-12(4)16-15(17-14)19(7-3)13-8-9-22(20,21)11-13/h10,13H,5-9,11H2,1-4H3. The molecule has 1 aromatic heterocycles. The largest absolute Gasteiger partial charge is 0.357 e. The Morgan fingerprint density at radius 3 is 2.36 bits per heavy atom. The highest BCUT2D eigenvalue weighted by Gasteiger charge is 2.33.